The summed E-state index contributed by atoms with van der Waals surface area (Å²) in [5.41, 5.74) is 6.90. The normalized spacial score (nSPS) is 15.4. The van der Waals surface area contributed by atoms with E-state index in [0.717, 1.165) is 36.6 Å². The third-order valence-corrected chi connectivity index (χ3v) is 7.38. The van der Waals surface area contributed by atoms with Crippen LogP contribution in [0.3, 0.4) is 0 Å². The van der Waals surface area contributed by atoms with Gasteiger partial charge in [-0.1, -0.05) is 29.4 Å². The van der Waals surface area contributed by atoms with Crippen molar-refractivity contribution in [2.24, 2.45) is 5.73 Å². The Bertz CT molecular complexity index is 1120. The van der Waals surface area contributed by atoms with E-state index in [9.17, 15) is 4.79 Å². The molecule has 32 heavy (non-hydrogen) atoms. The van der Waals surface area contributed by atoms with Crippen LogP contribution in [0.5, 0.6) is 0 Å². The smallest absolute Gasteiger partial charge is 0.275 e. The monoisotopic (exact) mass is 532 g/mol. The Hall–Kier alpha value is -2.20. The van der Waals surface area contributed by atoms with E-state index in [0.29, 0.717) is 20.2 Å². The molecule has 10 heteroatoms. The fourth-order valence-corrected chi connectivity index (χ4v) is 4.81. The minimum atomic E-state index is -0.347. The highest BCUT2D eigenvalue weighted by atomic mass is 79.9. The van der Waals surface area contributed by atoms with Crippen LogP contribution >= 0.6 is 39.3 Å². The van der Waals surface area contributed by atoms with Gasteiger partial charge < -0.3 is 16.0 Å². The highest BCUT2D eigenvalue weighted by Crippen LogP contribution is 2.37. The van der Waals surface area contributed by atoms with Crippen LogP contribution in [0.15, 0.2) is 63.3 Å². The van der Waals surface area contributed by atoms with Gasteiger partial charge in [0.25, 0.3) is 5.91 Å². The Morgan fingerprint density at radius 2 is 1.97 bits per heavy atom. The first kappa shape index (κ1) is 23.0. The molecule has 1 amide bonds. The zero-order valence-corrected chi connectivity index (χ0v) is 20.5. The molecule has 0 unspecified atom stereocenters. The van der Waals surface area contributed by atoms with Crippen molar-refractivity contribution in [1.82, 2.24) is 15.0 Å². The number of amides is 1. The van der Waals surface area contributed by atoms with E-state index in [-0.39, 0.29) is 17.1 Å². The number of nitrogens with two attached hydrogens (primary N) is 1. The van der Waals surface area contributed by atoms with E-state index >= 15 is 0 Å². The number of anilines is 2. The predicted octanol–water partition coefficient (Wildman–Crippen LogP) is 5.01. The van der Waals surface area contributed by atoms with E-state index < -0.39 is 0 Å². The molecule has 1 aliphatic heterocycles. The Kier molecular flexibility index (Phi) is 6.99. The van der Waals surface area contributed by atoms with Crippen LogP contribution in [-0.4, -0.2) is 39.5 Å². The Labute approximate surface area is 204 Å². The van der Waals surface area contributed by atoms with Crippen LogP contribution in [0, 0.1) is 0 Å². The van der Waals surface area contributed by atoms with Gasteiger partial charge in [-0.3, -0.25) is 4.79 Å². The maximum Gasteiger partial charge on any atom is 0.275 e. The number of hydrogen-bond donors (Lipinski definition) is 2. The van der Waals surface area contributed by atoms with Crippen LogP contribution in [0.2, 0.25) is 5.02 Å². The third-order valence-electron chi connectivity index (χ3n) is 5.24. The summed E-state index contributed by atoms with van der Waals surface area (Å²) in [5.74, 6) is 0.499. The van der Waals surface area contributed by atoms with Crippen molar-refractivity contribution in [3.05, 3.63) is 64.1 Å². The van der Waals surface area contributed by atoms with Gasteiger partial charge >= 0.3 is 0 Å². The lowest BCUT2D eigenvalue weighted by Crippen LogP contribution is -2.48. The van der Waals surface area contributed by atoms with E-state index in [2.05, 4.69) is 48.0 Å². The molecule has 0 bridgehead atoms. The second-order valence-electron chi connectivity index (χ2n) is 7.86. The number of nitrogens with one attached hydrogen (secondary N) is 1. The van der Waals surface area contributed by atoms with Gasteiger partial charge in [0.1, 0.15) is 16.5 Å². The minimum Gasteiger partial charge on any atom is -0.355 e. The van der Waals surface area contributed by atoms with Crippen molar-refractivity contribution in [2.75, 3.05) is 23.3 Å². The number of carbonyl (C=O) groups is 1. The zero-order valence-electron chi connectivity index (χ0n) is 17.4. The summed E-state index contributed by atoms with van der Waals surface area (Å²) in [6.45, 7) is 3.83. The first-order chi connectivity index (χ1) is 15.3. The molecule has 1 fully saturated rings. The third kappa shape index (κ3) is 5.40. The summed E-state index contributed by atoms with van der Waals surface area (Å²) in [7, 11) is 0. The summed E-state index contributed by atoms with van der Waals surface area (Å²) < 4.78 is 0.610. The Morgan fingerprint density at radius 3 is 2.66 bits per heavy atom. The van der Waals surface area contributed by atoms with Crippen molar-refractivity contribution in [1.29, 1.82) is 0 Å². The number of pyridine rings is 1. The summed E-state index contributed by atoms with van der Waals surface area (Å²) in [6.07, 6.45) is 6.93. The molecule has 1 saturated heterocycles. The Morgan fingerprint density at radius 1 is 1.19 bits per heavy atom. The summed E-state index contributed by atoms with van der Waals surface area (Å²) in [5, 5.41) is 3.97. The lowest BCUT2D eigenvalue weighted by Gasteiger charge is -2.37. The number of hydrogen-bond acceptors (Lipinski definition) is 7. The maximum atomic E-state index is 12.6. The number of piperidine rings is 1. The molecule has 0 saturated carbocycles. The topological polar surface area (TPSA) is 97.0 Å². The number of halogens is 2. The highest BCUT2D eigenvalue weighted by Gasteiger charge is 2.26. The number of nitrogens with zero attached hydrogens (tertiary/aromatic N) is 4. The van der Waals surface area contributed by atoms with Crippen LogP contribution < -0.4 is 16.0 Å². The number of carbonyl (C=O) groups excluding carboxylic acids is 1. The SMILES string of the molecule is CC1(N)CCN(c2cnc(Sc3cccc(NC(=O)c4ncccc4Br)c3Cl)cn2)CC1. The van der Waals surface area contributed by atoms with Crippen molar-refractivity contribution >= 4 is 56.7 Å². The van der Waals surface area contributed by atoms with Gasteiger partial charge in [0, 0.05) is 34.2 Å². The van der Waals surface area contributed by atoms with Crippen molar-refractivity contribution in [2.45, 2.75) is 35.2 Å². The number of rotatable bonds is 5. The molecular formula is C22H22BrClN6OS. The fraction of sp³-hybridized carbons (Fsp3) is 0.273. The van der Waals surface area contributed by atoms with Crippen LogP contribution in [0.4, 0.5) is 11.5 Å². The summed E-state index contributed by atoms with van der Waals surface area (Å²) in [6, 6.07) is 8.96. The molecule has 4 rings (SSSR count). The van der Waals surface area contributed by atoms with Crippen LogP contribution in [0.1, 0.15) is 30.3 Å². The molecular weight excluding hydrogens is 512 g/mol. The molecule has 166 valence electrons. The molecule has 3 aromatic rings. The molecule has 0 aliphatic carbocycles. The lowest BCUT2D eigenvalue weighted by atomic mass is 9.91. The molecule has 3 N–H and O–H groups in total. The molecule has 3 heterocycles. The lowest BCUT2D eigenvalue weighted by molar-refractivity contribution is 0.102. The van der Waals surface area contributed by atoms with E-state index in [1.807, 2.05) is 12.1 Å². The van der Waals surface area contributed by atoms with Gasteiger partial charge in [-0.2, -0.15) is 0 Å². The molecule has 2 aromatic heterocycles. The van der Waals surface area contributed by atoms with E-state index in [1.54, 1.807) is 36.8 Å². The van der Waals surface area contributed by atoms with Gasteiger partial charge in [0.2, 0.25) is 0 Å². The first-order valence-electron chi connectivity index (χ1n) is 10.1. The molecule has 1 aromatic carbocycles. The highest BCUT2D eigenvalue weighted by molar-refractivity contribution is 9.10. The van der Waals surface area contributed by atoms with Crippen LogP contribution in [0.25, 0.3) is 0 Å². The maximum absolute atomic E-state index is 12.6. The van der Waals surface area contributed by atoms with Gasteiger partial charge in [-0.15, -0.1) is 0 Å². The molecule has 0 atom stereocenters. The van der Waals surface area contributed by atoms with Gasteiger partial charge in [0.05, 0.1) is 23.1 Å². The molecule has 1 aliphatic rings. The molecule has 0 spiro atoms. The van der Waals surface area contributed by atoms with Gasteiger partial charge in [-0.25, -0.2) is 15.0 Å². The predicted molar refractivity (Wildman–Crippen MR) is 132 cm³/mol. The van der Waals surface area contributed by atoms with Crippen molar-refractivity contribution < 1.29 is 4.79 Å². The van der Waals surface area contributed by atoms with Crippen molar-refractivity contribution in [3.63, 3.8) is 0 Å². The first-order valence-corrected chi connectivity index (χ1v) is 12.1. The minimum absolute atomic E-state index is 0.108. The fourth-order valence-electron chi connectivity index (χ4n) is 3.31. The van der Waals surface area contributed by atoms with Gasteiger partial charge in [-0.05, 0) is 60.0 Å². The number of aromatic nitrogens is 3. The average Bonchev–Trinajstić information content (AvgIpc) is 2.77. The average molecular weight is 534 g/mol. The van der Waals surface area contributed by atoms with Crippen molar-refractivity contribution in [3.8, 4) is 0 Å². The summed E-state index contributed by atoms with van der Waals surface area (Å²) >= 11 is 11.3. The van der Waals surface area contributed by atoms with Crippen LogP contribution in [-0.2, 0) is 0 Å². The second kappa shape index (κ2) is 9.74. The number of benzene rings is 1. The molecule has 0 radical (unpaired) electrons. The van der Waals surface area contributed by atoms with E-state index in [1.165, 1.54) is 11.8 Å². The summed E-state index contributed by atoms with van der Waals surface area (Å²) in [4.78, 5) is 28.8. The largest absolute Gasteiger partial charge is 0.355 e. The zero-order chi connectivity index (χ0) is 22.7. The standard InChI is InChI=1S/C22H22BrClN6OS/c1-22(25)7-10-30(11-8-22)17-12-28-18(13-27-17)32-16-6-2-5-15(19(16)24)29-21(31)20-14(23)4-3-9-26-20/h2-6,9,12-13H,7-8,10-11,25H2,1H3,(H,29,31). The quantitative estimate of drug-likeness (QED) is 0.476. The van der Waals surface area contributed by atoms with E-state index in [4.69, 9.17) is 17.3 Å². The molecule has 7 nitrogen and oxygen atoms in total. The second-order valence-corrected chi connectivity index (χ2v) is 10.2. The van der Waals surface area contributed by atoms with Gasteiger partial charge in [0.15, 0.2) is 0 Å². The Balaban J connectivity index is 1.45.